The van der Waals surface area contributed by atoms with Crippen molar-refractivity contribution < 1.29 is 23.4 Å². The Morgan fingerprint density at radius 1 is 0.852 bits per heavy atom. The van der Waals surface area contributed by atoms with Gasteiger partial charge in [0.25, 0.3) is 0 Å². The van der Waals surface area contributed by atoms with Crippen molar-refractivity contribution in [2.24, 2.45) is 0 Å². The van der Waals surface area contributed by atoms with Crippen molar-refractivity contribution in [3.05, 3.63) is 155 Å². The zero-order chi connectivity index (χ0) is 37.0. The highest BCUT2D eigenvalue weighted by molar-refractivity contribution is 5.91. The van der Waals surface area contributed by atoms with E-state index in [0.717, 1.165) is 37.4 Å². The van der Waals surface area contributed by atoms with E-state index in [1.54, 1.807) is 36.4 Å². The second-order valence-electron chi connectivity index (χ2n) is 13.3. The van der Waals surface area contributed by atoms with Crippen LogP contribution in [0.25, 0.3) is 6.08 Å². The van der Waals surface area contributed by atoms with Crippen LogP contribution in [0, 0.1) is 17.1 Å². The lowest BCUT2D eigenvalue weighted by Gasteiger charge is -2.34. The monoisotopic (exact) mass is 746 g/mol. The number of hydrogen-bond donors (Lipinski definition) is 0. The summed E-state index contributed by atoms with van der Waals surface area (Å²) in [5.74, 6) is 1.51. The number of amides is 1. The lowest BCUT2D eigenvalue weighted by molar-refractivity contribution is -0.127. The average Bonchev–Trinajstić information content (AvgIpc) is 3.19. The molecule has 1 fully saturated rings. The molecule has 0 bridgehead atoms. The molecule has 54 heavy (non-hydrogen) atoms. The van der Waals surface area contributed by atoms with Crippen molar-refractivity contribution in [1.29, 1.82) is 5.26 Å². The quantitative estimate of drug-likeness (QED) is 0.105. The van der Waals surface area contributed by atoms with Crippen LogP contribution in [0.2, 0.25) is 0 Å². The summed E-state index contributed by atoms with van der Waals surface area (Å²) in [5.41, 5.74) is 5.85. The van der Waals surface area contributed by atoms with Gasteiger partial charge in [-0.25, -0.2) is 9.37 Å². The number of rotatable bonds is 14. The molecule has 0 unspecified atom stereocenters. The smallest absolute Gasteiger partial charge is 0.246 e. The molecule has 0 atom stereocenters. The number of nitrogens with zero attached hydrogens (tertiary/aromatic N) is 4. The number of nitriles is 1. The van der Waals surface area contributed by atoms with Gasteiger partial charge in [0.1, 0.15) is 18.1 Å². The Morgan fingerprint density at radius 2 is 1.54 bits per heavy atom. The highest BCUT2D eigenvalue weighted by Crippen LogP contribution is 2.26. The molecule has 0 spiro atoms. The van der Waals surface area contributed by atoms with Gasteiger partial charge in [-0.1, -0.05) is 68.4 Å². The number of ether oxygens (including phenoxy) is 3. The van der Waals surface area contributed by atoms with Crippen LogP contribution in [0.1, 0.15) is 53.1 Å². The van der Waals surface area contributed by atoms with E-state index in [4.69, 9.17) is 19.5 Å². The normalized spacial score (nSPS) is 13.0. The molecule has 278 valence electrons. The Hall–Kier alpha value is -5.69. The molecule has 0 radical (unpaired) electrons. The third kappa shape index (κ3) is 11.4. The fraction of sp³-hybridized carbons (Fsp3) is 0.250. The molecule has 10 heteroatoms. The van der Waals surface area contributed by atoms with E-state index in [1.165, 1.54) is 41.1 Å². The highest BCUT2D eigenvalue weighted by atomic mass is 35.5. The minimum absolute atomic E-state index is 0. The maximum atomic E-state index is 14.9. The van der Waals surface area contributed by atoms with E-state index in [2.05, 4.69) is 66.2 Å². The predicted octanol–water partition coefficient (Wildman–Crippen LogP) is 8.99. The molecule has 1 aliphatic heterocycles. The van der Waals surface area contributed by atoms with E-state index >= 15 is 0 Å². The Labute approximate surface area is 322 Å². The summed E-state index contributed by atoms with van der Waals surface area (Å²) in [7, 11) is 0. The zero-order valence-corrected chi connectivity index (χ0v) is 31.3. The predicted molar refractivity (Wildman–Crippen MR) is 211 cm³/mol. The summed E-state index contributed by atoms with van der Waals surface area (Å²) in [5, 5.41) is 8.93. The van der Waals surface area contributed by atoms with E-state index in [0.29, 0.717) is 49.1 Å². The van der Waals surface area contributed by atoms with Crippen molar-refractivity contribution in [3.8, 4) is 29.2 Å². The molecule has 1 saturated heterocycles. The second kappa shape index (κ2) is 19.4. The summed E-state index contributed by atoms with van der Waals surface area (Å²) in [6.07, 6.45) is 5.46. The summed E-state index contributed by atoms with van der Waals surface area (Å²) >= 11 is 0. The first-order chi connectivity index (χ1) is 25.8. The fourth-order valence-corrected chi connectivity index (χ4v) is 5.88. The maximum Gasteiger partial charge on any atom is 0.246 e. The van der Waals surface area contributed by atoms with Gasteiger partial charge < -0.3 is 19.1 Å². The van der Waals surface area contributed by atoms with Gasteiger partial charge in [0.2, 0.25) is 11.8 Å². The van der Waals surface area contributed by atoms with Crippen molar-refractivity contribution in [1.82, 2.24) is 14.8 Å². The number of aromatic nitrogens is 1. The molecule has 2 heterocycles. The number of hydrogen-bond acceptors (Lipinski definition) is 7. The third-order valence-corrected chi connectivity index (χ3v) is 9.11. The molecule has 4 aromatic carbocycles. The molecule has 1 amide bonds. The minimum atomic E-state index is -0.565. The van der Waals surface area contributed by atoms with Crippen molar-refractivity contribution >= 4 is 24.4 Å². The van der Waals surface area contributed by atoms with E-state index in [1.807, 2.05) is 29.2 Å². The SMILES string of the molecule is CC(C)c1ccc(OCCc2ccc(CN3CCN(C(=O)/C=C/c4ccc(Oc5ccc(OCc6ccc(C#N)cc6)cn5)c(F)c4)CC3)cc2)cc1.Cl. The number of carbonyl (C=O) groups is 1. The number of benzene rings is 4. The van der Waals surface area contributed by atoms with E-state index in [9.17, 15) is 9.18 Å². The van der Waals surface area contributed by atoms with Gasteiger partial charge in [-0.15, -0.1) is 12.4 Å². The molecule has 0 saturated carbocycles. The van der Waals surface area contributed by atoms with Gasteiger partial charge in [-0.2, -0.15) is 5.26 Å². The molecule has 1 aromatic heterocycles. The van der Waals surface area contributed by atoms with Crippen molar-refractivity contribution in [3.63, 3.8) is 0 Å². The van der Waals surface area contributed by atoms with Crippen molar-refractivity contribution in [2.45, 2.75) is 39.3 Å². The molecule has 5 aromatic rings. The fourth-order valence-electron chi connectivity index (χ4n) is 5.88. The summed E-state index contributed by atoms with van der Waals surface area (Å²) in [6, 6.07) is 34.1. The highest BCUT2D eigenvalue weighted by Gasteiger charge is 2.20. The lowest BCUT2D eigenvalue weighted by Crippen LogP contribution is -2.47. The van der Waals surface area contributed by atoms with Crippen LogP contribution in [0.3, 0.4) is 0 Å². The first kappa shape index (κ1) is 39.5. The largest absolute Gasteiger partial charge is 0.493 e. The number of carbonyl (C=O) groups excluding carboxylic acids is 1. The Balaban J connectivity index is 0.00000561. The Bertz CT molecular complexity index is 2020. The molecular weight excluding hydrogens is 703 g/mol. The van der Waals surface area contributed by atoms with Crippen LogP contribution in [0.4, 0.5) is 4.39 Å². The van der Waals surface area contributed by atoms with Crippen molar-refractivity contribution in [2.75, 3.05) is 32.8 Å². The van der Waals surface area contributed by atoms with Crippen LogP contribution in [-0.2, 0) is 24.4 Å². The summed E-state index contributed by atoms with van der Waals surface area (Å²) < 4.78 is 32.2. The number of halogens is 2. The Morgan fingerprint density at radius 3 is 2.19 bits per heavy atom. The van der Waals surface area contributed by atoms with Crippen LogP contribution < -0.4 is 14.2 Å². The Kier molecular flexibility index (Phi) is 14.2. The first-order valence-electron chi connectivity index (χ1n) is 17.9. The minimum Gasteiger partial charge on any atom is -0.493 e. The van der Waals surface area contributed by atoms with E-state index in [-0.39, 0.29) is 29.9 Å². The summed E-state index contributed by atoms with van der Waals surface area (Å²) in [4.78, 5) is 21.3. The lowest BCUT2D eigenvalue weighted by atomic mass is 10.0. The van der Waals surface area contributed by atoms with E-state index < -0.39 is 5.82 Å². The third-order valence-electron chi connectivity index (χ3n) is 9.11. The molecular formula is C44H44ClFN4O4. The summed E-state index contributed by atoms with van der Waals surface area (Å²) in [6.45, 7) is 8.97. The number of pyridine rings is 1. The van der Waals surface area contributed by atoms with Gasteiger partial charge in [0.15, 0.2) is 11.6 Å². The van der Waals surface area contributed by atoms with Gasteiger partial charge in [-0.05, 0) is 82.3 Å². The molecule has 0 aliphatic carbocycles. The van der Waals surface area contributed by atoms with Crippen LogP contribution in [-0.4, -0.2) is 53.5 Å². The second-order valence-corrected chi connectivity index (χ2v) is 13.3. The molecule has 8 nitrogen and oxygen atoms in total. The van der Waals surface area contributed by atoms with Gasteiger partial charge in [0, 0.05) is 51.3 Å². The number of piperazine rings is 1. The van der Waals surface area contributed by atoms with Crippen LogP contribution in [0.15, 0.2) is 115 Å². The van der Waals surface area contributed by atoms with Gasteiger partial charge in [0.05, 0.1) is 24.4 Å². The maximum absolute atomic E-state index is 14.9. The van der Waals surface area contributed by atoms with Crippen LogP contribution >= 0.6 is 12.4 Å². The average molecular weight is 747 g/mol. The molecule has 0 N–H and O–H groups in total. The zero-order valence-electron chi connectivity index (χ0n) is 30.5. The first-order valence-corrected chi connectivity index (χ1v) is 17.9. The van der Waals surface area contributed by atoms with Gasteiger partial charge in [-0.3, -0.25) is 9.69 Å². The standard InChI is InChI=1S/C44H43FN4O4.ClH/c1-32(2)38-13-15-39(16-14-38)51-26-21-33-3-7-36(8-4-33)30-48-22-24-49(25-23-48)44(50)20-12-34-11-18-42(41(45)27-34)53-43-19-17-40(29-47-43)52-31-37-9-5-35(28-46)6-10-37;/h3-20,27,29,32H,21-26,30-31H2,1-2H3;1H/b20-12+;. The van der Waals surface area contributed by atoms with Crippen LogP contribution in [0.5, 0.6) is 23.1 Å². The van der Waals surface area contributed by atoms with Gasteiger partial charge >= 0.3 is 0 Å². The molecule has 1 aliphatic rings. The molecule has 6 rings (SSSR count). The topological polar surface area (TPSA) is 87.9 Å².